The third-order valence-corrected chi connectivity index (χ3v) is 4.31. The number of rotatable bonds is 6. The lowest BCUT2D eigenvalue weighted by Crippen LogP contribution is -2.33. The van der Waals surface area contributed by atoms with Crippen molar-refractivity contribution in [2.75, 3.05) is 18.4 Å². The van der Waals surface area contributed by atoms with Crippen LogP contribution in [0.25, 0.3) is 0 Å². The average Bonchev–Trinajstić information content (AvgIpc) is 2.35. The quantitative estimate of drug-likeness (QED) is 0.678. The molecule has 0 radical (unpaired) electrons. The van der Waals surface area contributed by atoms with Gasteiger partial charge in [-0.3, -0.25) is 0 Å². The number of halogens is 2. The van der Waals surface area contributed by atoms with E-state index < -0.39 is 0 Å². The fourth-order valence-electron chi connectivity index (χ4n) is 1.93. The highest BCUT2D eigenvalue weighted by molar-refractivity contribution is 6.22. The Morgan fingerprint density at radius 2 is 1.53 bits per heavy atom. The summed E-state index contributed by atoms with van der Waals surface area (Å²) >= 11 is 12.4. The van der Waals surface area contributed by atoms with Crippen LogP contribution >= 0.6 is 23.2 Å². The van der Waals surface area contributed by atoms with Crippen molar-refractivity contribution in [2.45, 2.75) is 45.1 Å². The number of hydrogen-bond acceptors (Lipinski definition) is 1. The standard InChI is InChI=1S/C16H24Cl2O/c1-13-5-7-14(8-6-13)16(11-17,12-18)9-10-19-15(2,3)4/h5-8H,9-12H2,1-4H3. The van der Waals surface area contributed by atoms with E-state index in [1.807, 2.05) is 0 Å². The van der Waals surface area contributed by atoms with Crippen LogP contribution in [0.4, 0.5) is 0 Å². The van der Waals surface area contributed by atoms with Gasteiger partial charge in [-0.2, -0.15) is 0 Å². The summed E-state index contributed by atoms with van der Waals surface area (Å²) < 4.78 is 5.82. The van der Waals surface area contributed by atoms with Crippen molar-refractivity contribution >= 4 is 23.2 Å². The second-order valence-corrected chi connectivity index (χ2v) is 6.66. The van der Waals surface area contributed by atoms with Crippen molar-refractivity contribution < 1.29 is 4.74 Å². The molecule has 0 aromatic heterocycles. The molecule has 1 nitrogen and oxygen atoms in total. The van der Waals surface area contributed by atoms with Crippen LogP contribution < -0.4 is 0 Å². The molecule has 0 saturated heterocycles. The minimum absolute atomic E-state index is 0.127. The van der Waals surface area contributed by atoms with E-state index in [9.17, 15) is 0 Å². The van der Waals surface area contributed by atoms with Crippen molar-refractivity contribution in [1.82, 2.24) is 0 Å². The molecule has 0 aliphatic rings. The fourth-order valence-corrected chi connectivity index (χ4v) is 2.79. The van der Waals surface area contributed by atoms with Gasteiger partial charge in [-0.1, -0.05) is 29.8 Å². The van der Waals surface area contributed by atoms with Crippen LogP contribution in [0.5, 0.6) is 0 Å². The average molecular weight is 303 g/mol. The number of ether oxygens (including phenoxy) is 1. The molecule has 0 saturated carbocycles. The highest BCUT2D eigenvalue weighted by atomic mass is 35.5. The zero-order valence-electron chi connectivity index (χ0n) is 12.3. The monoisotopic (exact) mass is 302 g/mol. The molecule has 0 bridgehead atoms. The summed E-state index contributed by atoms with van der Waals surface area (Å²) in [5.74, 6) is 1.01. The van der Waals surface area contributed by atoms with Gasteiger partial charge < -0.3 is 4.74 Å². The van der Waals surface area contributed by atoms with Crippen molar-refractivity contribution in [1.29, 1.82) is 0 Å². The Morgan fingerprint density at radius 3 is 1.95 bits per heavy atom. The number of aryl methyl sites for hydroxylation is 1. The lowest BCUT2D eigenvalue weighted by Gasteiger charge is -2.32. The van der Waals surface area contributed by atoms with E-state index in [4.69, 9.17) is 27.9 Å². The van der Waals surface area contributed by atoms with Crippen LogP contribution in [0.2, 0.25) is 0 Å². The van der Waals surface area contributed by atoms with Crippen LogP contribution in [0.3, 0.4) is 0 Å². The summed E-state index contributed by atoms with van der Waals surface area (Å²) in [6.45, 7) is 8.91. The molecule has 1 rings (SSSR count). The van der Waals surface area contributed by atoms with E-state index in [0.29, 0.717) is 18.4 Å². The Morgan fingerprint density at radius 1 is 1.00 bits per heavy atom. The van der Waals surface area contributed by atoms with Gasteiger partial charge in [0.2, 0.25) is 0 Å². The maximum atomic E-state index is 6.21. The van der Waals surface area contributed by atoms with Crippen molar-refractivity contribution in [3.05, 3.63) is 35.4 Å². The van der Waals surface area contributed by atoms with E-state index in [1.54, 1.807) is 0 Å². The number of alkyl halides is 2. The van der Waals surface area contributed by atoms with E-state index in [-0.39, 0.29) is 11.0 Å². The zero-order valence-corrected chi connectivity index (χ0v) is 13.8. The summed E-state index contributed by atoms with van der Waals surface area (Å²) in [5.41, 5.74) is 2.10. The molecule has 1 aromatic carbocycles. The van der Waals surface area contributed by atoms with Crippen molar-refractivity contribution in [2.24, 2.45) is 0 Å². The Bertz CT molecular complexity index is 375. The van der Waals surface area contributed by atoms with E-state index in [2.05, 4.69) is 52.0 Å². The molecule has 108 valence electrons. The first-order valence-electron chi connectivity index (χ1n) is 6.66. The van der Waals surface area contributed by atoms with Gasteiger partial charge in [0.15, 0.2) is 0 Å². The third-order valence-electron chi connectivity index (χ3n) is 3.29. The van der Waals surface area contributed by atoms with Crippen LogP contribution in [-0.2, 0) is 10.2 Å². The van der Waals surface area contributed by atoms with E-state index >= 15 is 0 Å². The third kappa shape index (κ3) is 4.98. The molecule has 19 heavy (non-hydrogen) atoms. The Hall–Kier alpha value is -0.240. The Labute approximate surface area is 127 Å². The first-order chi connectivity index (χ1) is 8.83. The van der Waals surface area contributed by atoms with E-state index in [0.717, 1.165) is 6.42 Å². The zero-order chi connectivity index (χ0) is 14.5. The van der Waals surface area contributed by atoms with Crippen LogP contribution in [0.1, 0.15) is 38.3 Å². The van der Waals surface area contributed by atoms with Crippen LogP contribution in [0.15, 0.2) is 24.3 Å². The molecule has 0 fully saturated rings. The first-order valence-corrected chi connectivity index (χ1v) is 7.73. The summed E-state index contributed by atoms with van der Waals surface area (Å²) in [6, 6.07) is 8.45. The van der Waals surface area contributed by atoms with Crippen molar-refractivity contribution in [3.63, 3.8) is 0 Å². The molecular weight excluding hydrogens is 279 g/mol. The largest absolute Gasteiger partial charge is 0.376 e. The molecule has 0 heterocycles. The molecule has 0 amide bonds. The van der Waals surface area contributed by atoms with Gasteiger partial charge in [-0.25, -0.2) is 0 Å². The highest BCUT2D eigenvalue weighted by Gasteiger charge is 2.31. The molecule has 0 atom stereocenters. The van der Waals surface area contributed by atoms with Gasteiger partial charge in [-0.15, -0.1) is 23.2 Å². The highest BCUT2D eigenvalue weighted by Crippen LogP contribution is 2.32. The molecule has 0 aliphatic heterocycles. The molecule has 0 spiro atoms. The maximum absolute atomic E-state index is 6.21. The molecule has 1 aromatic rings. The molecule has 0 aliphatic carbocycles. The smallest absolute Gasteiger partial charge is 0.0598 e. The first kappa shape index (κ1) is 16.8. The van der Waals surface area contributed by atoms with Crippen LogP contribution in [-0.4, -0.2) is 24.0 Å². The number of benzene rings is 1. The fraction of sp³-hybridized carbons (Fsp3) is 0.625. The van der Waals surface area contributed by atoms with Crippen LogP contribution in [0, 0.1) is 6.92 Å². The number of hydrogen-bond donors (Lipinski definition) is 0. The lowest BCUT2D eigenvalue weighted by atomic mass is 9.81. The van der Waals surface area contributed by atoms with Gasteiger partial charge in [-0.05, 0) is 39.7 Å². The summed E-state index contributed by atoms with van der Waals surface area (Å²) in [7, 11) is 0. The molecule has 0 N–H and O–H groups in total. The Kier molecular flexibility index (Phi) is 6.16. The van der Waals surface area contributed by atoms with Gasteiger partial charge >= 0.3 is 0 Å². The topological polar surface area (TPSA) is 9.23 Å². The van der Waals surface area contributed by atoms with E-state index in [1.165, 1.54) is 11.1 Å². The predicted molar refractivity (Wildman–Crippen MR) is 84.6 cm³/mol. The minimum Gasteiger partial charge on any atom is -0.376 e. The van der Waals surface area contributed by atoms with Gasteiger partial charge in [0.1, 0.15) is 0 Å². The summed E-state index contributed by atoms with van der Waals surface area (Å²) in [5, 5.41) is 0. The normalized spacial score (nSPS) is 12.7. The molecular formula is C16H24Cl2O. The predicted octanol–water partition coefficient (Wildman–Crippen LogP) is 4.92. The second-order valence-electron chi connectivity index (χ2n) is 6.12. The Balaban J connectivity index is 2.82. The SMILES string of the molecule is Cc1ccc(C(CCl)(CCl)CCOC(C)(C)C)cc1. The lowest BCUT2D eigenvalue weighted by molar-refractivity contribution is -0.00963. The second kappa shape index (κ2) is 6.97. The maximum Gasteiger partial charge on any atom is 0.0598 e. The molecule has 0 unspecified atom stereocenters. The molecule has 3 heteroatoms. The minimum atomic E-state index is -0.206. The van der Waals surface area contributed by atoms with Crippen molar-refractivity contribution in [3.8, 4) is 0 Å². The van der Waals surface area contributed by atoms with Gasteiger partial charge in [0.25, 0.3) is 0 Å². The summed E-state index contributed by atoms with van der Waals surface area (Å²) in [4.78, 5) is 0. The van der Waals surface area contributed by atoms with Gasteiger partial charge in [0, 0.05) is 23.8 Å². The summed E-state index contributed by atoms with van der Waals surface area (Å²) in [6.07, 6.45) is 0.834. The van der Waals surface area contributed by atoms with Gasteiger partial charge in [0.05, 0.1) is 5.60 Å².